The maximum atomic E-state index is 12.9. The first-order valence-electron chi connectivity index (χ1n) is 36.6. The maximum absolute atomic E-state index is 12.9. The maximum Gasteiger partial charge on any atom is 0.306 e. The normalized spacial score (nSPS) is 12.3. The molecule has 480 valence electrons. The molecule has 0 heterocycles. The number of esters is 3. The van der Waals surface area contributed by atoms with Crippen LogP contribution in [0.1, 0.15) is 400 Å². The molecule has 0 radical (unpaired) electrons. The monoisotopic (exact) mass is 1150 g/mol. The zero-order chi connectivity index (χ0) is 59.2. The Bertz CT molecular complexity index is 1410. The third-order valence-electron chi connectivity index (χ3n) is 16.5. The highest BCUT2D eigenvalue weighted by atomic mass is 16.6. The first-order chi connectivity index (χ1) is 40.5. The van der Waals surface area contributed by atoms with Crippen LogP contribution < -0.4 is 0 Å². The van der Waals surface area contributed by atoms with E-state index in [-0.39, 0.29) is 31.1 Å². The Kier molecular flexibility index (Phi) is 68.6. The van der Waals surface area contributed by atoms with Crippen molar-refractivity contribution in [2.24, 2.45) is 0 Å². The topological polar surface area (TPSA) is 78.9 Å². The molecule has 1 unspecified atom stereocenters. The van der Waals surface area contributed by atoms with Gasteiger partial charge in [0.25, 0.3) is 0 Å². The smallest absolute Gasteiger partial charge is 0.306 e. The van der Waals surface area contributed by atoms with Gasteiger partial charge in [-0.2, -0.15) is 0 Å². The second kappa shape index (κ2) is 70.9. The Morgan fingerprint density at radius 1 is 0.244 bits per heavy atom. The van der Waals surface area contributed by atoms with Gasteiger partial charge >= 0.3 is 17.9 Å². The van der Waals surface area contributed by atoms with Crippen LogP contribution in [-0.2, 0) is 28.6 Å². The van der Waals surface area contributed by atoms with Gasteiger partial charge in [-0.1, -0.05) is 333 Å². The van der Waals surface area contributed by atoms with Crippen molar-refractivity contribution < 1.29 is 28.6 Å². The molecule has 0 aliphatic rings. The van der Waals surface area contributed by atoms with E-state index < -0.39 is 6.10 Å². The van der Waals surface area contributed by atoms with Gasteiger partial charge < -0.3 is 14.2 Å². The van der Waals surface area contributed by atoms with Gasteiger partial charge in [0.15, 0.2) is 6.10 Å². The van der Waals surface area contributed by atoms with Gasteiger partial charge in [0.1, 0.15) is 13.2 Å². The van der Waals surface area contributed by atoms with Crippen molar-refractivity contribution in [3.63, 3.8) is 0 Å². The zero-order valence-electron chi connectivity index (χ0n) is 55.3. The standard InChI is InChI=1S/C76H140O6/c1-4-7-10-13-16-19-22-24-26-28-30-31-32-33-34-35-36-37-38-39-40-41-42-43-44-45-46-48-49-51-54-57-60-63-66-69-75(78)81-72-73(71-80-74(77)68-65-62-59-56-53-21-18-15-12-9-6-3)82-76(79)70-67-64-61-58-55-52-50-47-29-27-25-23-20-17-14-11-8-5-2/h15,18,22,24,27-30,73H,4-14,16-17,19-21,23,25-26,31-72H2,1-3H3/b18-15-,24-22-,29-27-,30-28-. The van der Waals surface area contributed by atoms with Gasteiger partial charge in [-0.25, -0.2) is 0 Å². The van der Waals surface area contributed by atoms with Crippen molar-refractivity contribution in [2.45, 2.75) is 406 Å². The molecule has 82 heavy (non-hydrogen) atoms. The number of unbranched alkanes of at least 4 members (excludes halogenated alkanes) is 49. The van der Waals surface area contributed by atoms with Crippen LogP contribution in [0.15, 0.2) is 48.6 Å². The number of rotatable bonds is 68. The summed E-state index contributed by atoms with van der Waals surface area (Å²) in [5.74, 6) is -0.863. The lowest BCUT2D eigenvalue weighted by Crippen LogP contribution is -2.30. The Hall–Kier alpha value is -2.63. The molecule has 0 saturated heterocycles. The molecule has 0 rings (SSSR count). The third-order valence-corrected chi connectivity index (χ3v) is 16.5. The molecule has 0 aromatic carbocycles. The first-order valence-corrected chi connectivity index (χ1v) is 36.6. The van der Waals surface area contributed by atoms with E-state index in [0.29, 0.717) is 19.3 Å². The molecule has 1 atom stereocenters. The molecule has 0 spiro atoms. The van der Waals surface area contributed by atoms with E-state index in [1.807, 2.05) is 0 Å². The number of allylic oxidation sites excluding steroid dienone is 8. The summed E-state index contributed by atoms with van der Waals surface area (Å²) >= 11 is 0. The van der Waals surface area contributed by atoms with Crippen LogP contribution in [0, 0.1) is 0 Å². The highest BCUT2D eigenvalue weighted by Gasteiger charge is 2.19. The second-order valence-electron chi connectivity index (χ2n) is 24.8. The summed E-state index contributed by atoms with van der Waals surface area (Å²) in [6.07, 6.45) is 90.3. The molecule has 6 nitrogen and oxygen atoms in total. The van der Waals surface area contributed by atoms with E-state index in [9.17, 15) is 14.4 Å². The lowest BCUT2D eigenvalue weighted by molar-refractivity contribution is -0.167. The van der Waals surface area contributed by atoms with Gasteiger partial charge in [0.2, 0.25) is 0 Å². The average Bonchev–Trinajstić information content (AvgIpc) is 3.47. The van der Waals surface area contributed by atoms with Crippen molar-refractivity contribution in [1.29, 1.82) is 0 Å². The number of hydrogen-bond donors (Lipinski definition) is 0. The number of carbonyl (C=O) groups is 3. The minimum Gasteiger partial charge on any atom is -0.462 e. The minimum absolute atomic E-state index is 0.0728. The number of carbonyl (C=O) groups excluding carboxylic acids is 3. The SMILES string of the molecule is CCCC/C=C\CCCCCCCC(=O)OCC(COC(=O)CCCCCCCCCCCCCCCCCCCCCCCCC/C=C\C/C=C\CCCCCCC)OC(=O)CCCCCCCCC/C=C\CCCCCCCCC. The van der Waals surface area contributed by atoms with Crippen LogP contribution in [0.2, 0.25) is 0 Å². The fourth-order valence-corrected chi connectivity index (χ4v) is 11.0. The third kappa shape index (κ3) is 68.2. The summed E-state index contributed by atoms with van der Waals surface area (Å²) in [5, 5.41) is 0. The summed E-state index contributed by atoms with van der Waals surface area (Å²) in [7, 11) is 0. The molecule has 0 aromatic heterocycles. The van der Waals surface area contributed by atoms with Crippen LogP contribution in [-0.4, -0.2) is 37.2 Å². The van der Waals surface area contributed by atoms with E-state index in [0.717, 1.165) is 70.6 Å². The minimum atomic E-state index is -0.777. The zero-order valence-corrected chi connectivity index (χ0v) is 55.3. The summed E-state index contributed by atoms with van der Waals surface area (Å²) in [6, 6.07) is 0. The predicted octanol–water partition coefficient (Wildman–Crippen LogP) is 25.3. The van der Waals surface area contributed by atoms with E-state index in [4.69, 9.17) is 14.2 Å². The molecule has 0 aliphatic heterocycles. The van der Waals surface area contributed by atoms with Crippen LogP contribution in [0.25, 0.3) is 0 Å². The van der Waals surface area contributed by atoms with E-state index in [1.165, 1.54) is 289 Å². The van der Waals surface area contributed by atoms with Crippen molar-refractivity contribution in [3.8, 4) is 0 Å². The van der Waals surface area contributed by atoms with Crippen LogP contribution in [0.5, 0.6) is 0 Å². The van der Waals surface area contributed by atoms with Crippen LogP contribution >= 0.6 is 0 Å². The Balaban J connectivity index is 4.05. The molecular formula is C76H140O6. The Morgan fingerprint density at radius 3 is 0.720 bits per heavy atom. The molecule has 0 amide bonds. The van der Waals surface area contributed by atoms with E-state index in [2.05, 4.69) is 69.4 Å². The molecule has 0 N–H and O–H groups in total. The van der Waals surface area contributed by atoms with E-state index >= 15 is 0 Å². The molecule has 0 aromatic rings. The fourth-order valence-electron chi connectivity index (χ4n) is 11.0. The van der Waals surface area contributed by atoms with Crippen LogP contribution in [0.3, 0.4) is 0 Å². The number of ether oxygens (including phenoxy) is 3. The molecule has 0 saturated carbocycles. The van der Waals surface area contributed by atoms with Gasteiger partial charge in [-0.3, -0.25) is 14.4 Å². The summed E-state index contributed by atoms with van der Waals surface area (Å²) in [6.45, 7) is 6.64. The molecular weight excluding hydrogens is 1010 g/mol. The summed E-state index contributed by atoms with van der Waals surface area (Å²) < 4.78 is 16.9. The first kappa shape index (κ1) is 79.4. The summed E-state index contributed by atoms with van der Waals surface area (Å²) in [5.41, 5.74) is 0. The van der Waals surface area contributed by atoms with Gasteiger partial charge in [-0.15, -0.1) is 0 Å². The fraction of sp³-hybridized carbons (Fsp3) is 0.855. The Morgan fingerprint density at radius 2 is 0.451 bits per heavy atom. The van der Waals surface area contributed by atoms with Crippen molar-refractivity contribution >= 4 is 17.9 Å². The van der Waals surface area contributed by atoms with Gasteiger partial charge in [-0.05, 0) is 96.3 Å². The lowest BCUT2D eigenvalue weighted by atomic mass is 10.0. The largest absolute Gasteiger partial charge is 0.462 e. The van der Waals surface area contributed by atoms with E-state index in [1.54, 1.807) is 0 Å². The highest BCUT2D eigenvalue weighted by molar-refractivity contribution is 5.71. The van der Waals surface area contributed by atoms with Crippen molar-refractivity contribution in [1.82, 2.24) is 0 Å². The van der Waals surface area contributed by atoms with Crippen molar-refractivity contribution in [3.05, 3.63) is 48.6 Å². The molecule has 0 bridgehead atoms. The van der Waals surface area contributed by atoms with Gasteiger partial charge in [0.05, 0.1) is 0 Å². The highest BCUT2D eigenvalue weighted by Crippen LogP contribution is 2.18. The van der Waals surface area contributed by atoms with Crippen molar-refractivity contribution in [2.75, 3.05) is 13.2 Å². The second-order valence-corrected chi connectivity index (χ2v) is 24.8. The lowest BCUT2D eigenvalue weighted by Gasteiger charge is -2.18. The average molecular weight is 1150 g/mol. The van der Waals surface area contributed by atoms with Crippen LogP contribution in [0.4, 0.5) is 0 Å². The number of hydrogen-bond acceptors (Lipinski definition) is 6. The van der Waals surface area contributed by atoms with Gasteiger partial charge in [0, 0.05) is 19.3 Å². The quantitative estimate of drug-likeness (QED) is 0.0261. The summed E-state index contributed by atoms with van der Waals surface area (Å²) in [4.78, 5) is 38.3. The molecule has 6 heteroatoms. The predicted molar refractivity (Wildman–Crippen MR) is 358 cm³/mol. The Labute approximate surface area is 511 Å². The molecule has 0 fully saturated rings. The molecule has 0 aliphatic carbocycles.